The van der Waals surface area contributed by atoms with Crippen LogP contribution in [0.25, 0.3) is 0 Å². The highest BCUT2D eigenvalue weighted by atomic mass is 32.2. The predicted octanol–water partition coefficient (Wildman–Crippen LogP) is -0.210. The van der Waals surface area contributed by atoms with Crippen molar-refractivity contribution in [3.63, 3.8) is 0 Å². The Kier molecular flexibility index (Phi) is 5.69. The first-order chi connectivity index (χ1) is 6.47. The normalized spacial score (nSPS) is 13.9. The summed E-state index contributed by atoms with van der Waals surface area (Å²) in [6.07, 6.45) is 0. The Bertz CT molecular complexity index is 294. The van der Waals surface area contributed by atoms with E-state index in [4.69, 9.17) is 10.4 Å². The van der Waals surface area contributed by atoms with Crippen LogP contribution in [0.4, 0.5) is 0 Å². The molecule has 0 radical (unpaired) electrons. The number of aliphatic hydroxyl groups is 1. The van der Waals surface area contributed by atoms with Crippen LogP contribution in [0.5, 0.6) is 0 Å². The molecule has 0 fully saturated rings. The van der Waals surface area contributed by atoms with E-state index in [1.807, 2.05) is 6.07 Å². The van der Waals surface area contributed by atoms with Gasteiger partial charge < -0.3 is 5.11 Å². The van der Waals surface area contributed by atoms with Crippen molar-refractivity contribution in [2.24, 2.45) is 5.92 Å². The van der Waals surface area contributed by atoms with Crippen molar-refractivity contribution in [3.8, 4) is 6.07 Å². The van der Waals surface area contributed by atoms with Gasteiger partial charge in [-0.15, -0.1) is 0 Å². The van der Waals surface area contributed by atoms with Gasteiger partial charge in [0.15, 0.2) is 0 Å². The van der Waals surface area contributed by atoms with E-state index in [2.05, 4.69) is 0 Å². The number of nitriles is 1. The third-order valence-corrected chi connectivity index (χ3v) is 3.69. The number of rotatable bonds is 6. The van der Waals surface area contributed by atoms with Crippen LogP contribution in [-0.4, -0.2) is 43.3 Å². The SMILES string of the molecule is CCN(CC(C)C#N)S(=O)(=O)CCO. The topological polar surface area (TPSA) is 81.4 Å². The lowest BCUT2D eigenvalue weighted by Gasteiger charge is -2.20. The molecule has 0 spiro atoms. The molecule has 82 valence electrons. The predicted molar refractivity (Wildman–Crippen MR) is 52.9 cm³/mol. The average Bonchev–Trinajstić information content (AvgIpc) is 2.13. The fraction of sp³-hybridized carbons (Fsp3) is 0.875. The Morgan fingerprint density at radius 2 is 2.14 bits per heavy atom. The Morgan fingerprint density at radius 3 is 2.50 bits per heavy atom. The van der Waals surface area contributed by atoms with Crippen molar-refractivity contribution < 1.29 is 13.5 Å². The van der Waals surface area contributed by atoms with Crippen LogP contribution >= 0.6 is 0 Å². The van der Waals surface area contributed by atoms with Gasteiger partial charge in [0.25, 0.3) is 0 Å². The molecule has 0 aliphatic heterocycles. The number of sulfonamides is 1. The summed E-state index contributed by atoms with van der Waals surface area (Å²) in [5.74, 6) is -0.609. The fourth-order valence-corrected chi connectivity index (χ4v) is 2.36. The molecule has 5 nitrogen and oxygen atoms in total. The molecule has 0 amide bonds. The molecule has 1 unspecified atom stereocenters. The molecule has 0 aromatic carbocycles. The maximum atomic E-state index is 11.5. The Hall–Kier alpha value is -0.640. The van der Waals surface area contributed by atoms with Gasteiger partial charge in [0.2, 0.25) is 10.0 Å². The van der Waals surface area contributed by atoms with Gasteiger partial charge in [0.1, 0.15) is 0 Å². The minimum absolute atomic E-state index is 0.190. The Morgan fingerprint density at radius 1 is 1.57 bits per heavy atom. The summed E-state index contributed by atoms with van der Waals surface area (Å²) >= 11 is 0. The summed E-state index contributed by atoms with van der Waals surface area (Å²) in [6, 6.07) is 1.98. The Labute approximate surface area is 85.0 Å². The van der Waals surface area contributed by atoms with Gasteiger partial charge in [-0.1, -0.05) is 6.92 Å². The van der Waals surface area contributed by atoms with Crippen molar-refractivity contribution >= 4 is 10.0 Å². The summed E-state index contributed by atoms with van der Waals surface area (Å²) < 4.78 is 24.2. The molecule has 1 N–H and O–H groups in total. The van der Waals surface area contributed by atoms with Crippen molar-refractivity contribution in [1.82, 2.24) is 4.31 Å². The highest BCUT2D eigenvalue weighted by Crippen LogP contribution is 2.05. The summed E-state index contributed by atoms with van der Waals surface area (Å²) in [7, 11) is -3.40. The summed E-state index contributed by atoms with van der Waals surface area (Å²) in [5.41, 5.74) is 0. The smallest absolute Gasteiger partial charge is 0.216 e. The lowest BCUT2D eigenvalue weighted by atomic mass is 10.2. The third kappa shape index (κ3) is 4.05. The van der Waals surface area contributed by atoms with E-state index < -0.39 is 10.0 Å². The molecule has 0 aromatic heterocycles. The quantitative estimate of drug-likeness (QED) is 0.671. The van der Waals surface area contributed by atoms with Gasteiger partial charge in [-0.05, 0) is 6.92 Å². The van der Waals surface area contributed by atoms with Crippen molar-refractivity contribution in [1.29, 1.82) is 5.26 Å². The lowest BCUT2D eigenvalue weighted by Crippen LogP contribution is -2.36. The van der Waals surface area contributed by atoms with Crippen molar-refractivity contribution in [2.75, 3.05) is 25.4 Å². The molecule has 6 heteroatoms. The zero-order valence-electron chi connectivity index (χ0n) is 8.47. The fourth-order valence-electron chi connectivity index (χ4n) is 1.03. The zero-order valence-corrected chi connectivity index (χ0v) is 9.29. The Balaban J connectivity index is 4.50. The molecule has 0 aliphatic carbocycles. The standard InChI is InChI=1S/C8H16N2O3S/c1-3-10(7-8(2)6-9)14(12,13)5-4-11/h8,11H,3-5,7H2,1-2H3. The molecule has 0 saturated carbocycles. The minimum Gasteiger partial charge on any atom is -0.395 e. The summed E-state index contributed by atoms with van der Waals surface area (Å²) in [6.45, 7) is 3.50. The first-order valence-electron chi connectivity index (χ1n) is 4.46. The third-order valence-electron chi connectivity index (χ3n) is 1.79. The molecule has 0 bridgehead atoms. The van der Waals surface area contributed by atoms with E-state index >= 15 is 0 Å². The van der Waals surface area contributed by atoms with Crippen LogP contribution < -0.4 is 0 Å². The second-order valence-corrected chi connectivity index (χ2v) is 5.11. The van der Waals surface area contributed by atoms with E-state index in [-0.39, 0.29) is 24.8 Å². The summed E-state index contributed by atoms with van der Waals surface area (Å²) in [4.78, 5) is 0. The first kappa shape index (κ1) is 13.4. The highest BCUT2D eigenvalue weighted by Gasteiger charge is 2.21. The van der Waals surface area contributed by atoms with E-state index in [1.54, 1.807) is 13.8 Å². The second-order valence-electron chi connectivity index (χ2n) is 3.02. The number of hydrogen-bond donors (Lipinski definition) is 1. The molecule has 1 atom stereocenters. The van der Waals surface area contributed by atoms with E-state index in [0.29, 0.717) is 6.54 Å². The van der Waals surface area contributed by atoms with Gasteiger partial charge >= 0.3 is 0 Å². The zero-order chi connectivity index (χ0) is 11.2. The monoisotopic (exact) mass is 220 g/mol. The maximum Gasteiger partial charge on any atom is 0.216 e. The van der Waals surface area contributed by atoms with Gasteiger partial charge in [-0.2, -0.15) is 5.26 Å². The molecule has 0 saturated heterocycles. The number of nitrogens with zero attached hydrogens (tertiary/aromatic N) is 2. The van der Waals surface area contributed by atoms with Crippen LogP contribution in [0.2, 0.25) is 0 Å². The number of aliphatic hydroxyl groups excluding tert-OH is 1. The minimum atomic E-state index is -3.40. The first-order valence-corrected chi connectivity index (χ1v) is 6.07. The second kappa shape index (κ2) is 5.96. The van der Waals surface area contributed by atoms with Crippen LogP contribution in [0.3, 0.4) is 0 Å². The van der Waals surface area contributed by atoms with Crippen molar-refractivity contribution in [2.45, 2.75) is 13.8 Å². The largest absolute Gasteiger partial charge is 0.395 e. The molecule has 14 heavy (non-hydrogen) atoms. The molecular weight excluding hydrogens is 204 g/mol. The van der Waals surface area contributed by atoms with E-state index in [1.165, 1.54) is 4.31 Å². The molecule has 0 rings (SSSR count). The van der Waals surface area contributed by atoms with Gasteiger partial charge in [-0.3, -0.25) is 0 Å². The van der Waals surface area contributed by atoms with Crippen LogP contribution in [0.15, 0.2) is 0 Å². The van der Waals surface area contributed by atoms with Crippen LogP contribution in [0, 0.1) is 17.2 Å². The van der Waals surface area contributed by atoms with Gasteiger partial charge in [0, 0.05) is 13.1 Å². The molecule has 0 aromatic rings. The van der Waals surface area contributed by atoms with Crippen LogP contribution in [0.1, 0.15) is 13.8 Å². The van der Waals surface area contributed by atoms with Gasteiger partial charge in [-0.25, -0.2) is 12.7 Å². The summed E-state index contributed by atoms with van der Waals surface area (Å²) in [5, 5.41) is 17.1. The van der Waals surface area contributed by atoms with Crippen molar-refractivity contribution in [3.05, 3.63) is 0 Å². The molecular formula is C8H16N2O3S. The van der Waals surface area contributed by atoms with E-state index in [0.717, 1.165) is 0 Å². The molecule has 0 heterocycles. The van der Waals surface area contributed by atoms with Crippen LogP contribution in [-0.2, 0) is 10.0 Å². The average molecular weight is 220 g/mol. The van der Waals surface area contributed by atoms with Gasteiger partial charge in [0.05, 0.1) is 24.3 Å². The lowest BCUT2D eigenvalue weighted by molar-refractivity contribution is 0.313. The molecule has 0 aliphatic rings. The highest BCUT2D eigenvalue weighted by molar-refractivity contribution is 7.89. The van der Waals surface area contributed by atoms with E-state index in [9.17, 15) is 8.42 Å². The number of hydrogen-bond acceptors (Lipinski definition) is 4. The maximum absolute atomic E-state index is 11.5.